The van der Waals surface area contributed by atoms with Crippen LogP contribution in [-0.4, -0.2) is 11.5 Å². The summed E-state index contributed by atoms with van der Waals surface area (Å²) in [5, 5.41) is 0.900. The molecule has 0 rings (SSSR count). The number of hydrogen-bond acceptors (Lipinski definition) is 1. The molecule has 0 aliphatic rings. The van der Waals surface area contributed by atoms with Gasteiger partial charge in [-0.2, -0.15) is 11.8 Å². The fourth-order valence-corrected chi connectivity index (χ4v) is 2.34. The lowest BCUT2D eigenvalue weighted by Crippen LogP contribution is -2.06. The molecule has 0 bridgehead atoms. The zero-order valence-electron chi connectivity index (χ0n) is 8.39. The minimum atomic E-state index is 0.900. The van der Waals surface area contributed by atoms with E-state index in [4.69, 9.17) is 0 Å². The Kier molecular flexibility index (Phi) is 7.25. The Morgan fingerprint density at radius 3 is 2.27 bits per heavy atom. The van der Waals surface area contributed by atoms with Crippen molar-refractivity contribution < 1.29 is 0 Å². The first-order chi connectivity index (χ1) is 5.24. The predicted octanol–water partition coefficient (Wildman–Crippen LogP) is 3.95. The summed E-state index contributed by atoms with van der Waals surface area (Å²) in [5.41, 5.74) is 0. The van der Waals surface area contributed by atoms with E-state index >= 15 is 0 Å². The molecular formula is C10H22S. The van der Waals surface area contributed by atoms with Crippen LogP contribution < -0.4 is 0 Å². The summed E-state index contributed by atoms with van der Waals surface area (Å²) in [6.45, 7) is 6.94. The largest absolute Gasteiger partial charge is 0.162 e. The highest BCUT2D eigenvalue weighted by molar-refractivity contribution is 7.99. The van der Waals surface area contributed by atoms with Gasteiger partial charge in [0.2, 0.25) is 0 Å². The van der Waals surface area contributed by atoms with Crippen LogP contribution in [0.15, 0.2) is 0 Å². The van der Waals surface area contributed by atoms with Gasteiger partial charge in [-0.1, -0.05) is 33.6 Å². The van der Waals surface area contributed by atoms with Gasteiger partial charge in [-0.05, 0) is 25.0 Å². The minimum absolute atomic E-state index is 0.900. The number of hydrogen-bond donors (Lipinski definition) is 0. The van der Waals surface area contributed by atoms with Gasteiger partial charge in [-0.15, -0.1) is 0 Å². The molecule has 0 fully saturated rings. The van der Waals surface area contributed by atoms with Crippen LogP contribution in [0.5, 0.6) is 0 Å². The molecule has 0 nitrogen and oxygen atoms in total. The minimum Gasteiger partial charge on any atom is -0.162 e. The molecule has 0 aliphatic heterocycles. The van der Waals surface area contributed by atoms with Gasteiger partial charge in [0.05, 0.1) is 0 Å². The molecule has 0 N–H and O–H groups in total. The van der Waals surface area contributed by atoms with E-state index in [1.165, 1.54) is 25.7 Å². The molecule has 68 valence electrons. The Balaban J connectivity index is 3.44. The summed E-state index contributed by atoms with van der Waals surface area (Å²) >= 11 is 2.02. The van der Waals surface area contributed by atoms with Gasteiger partial charge in [0.25, 0.3) is 0 Å². The SMILES string of the molecule is CCCC(C)CC(CC)SC. The third-order valence-electron chi connectivity index (χ3n) is 2.24. The molecule has 0 spiro atoms. The summed E-state index contributed by atoms with van der Waals surface area (Å²) in [7, 11) is 0. The van der Waals surface area contributed by atoms with E-state index in [1.54, 1.807) is 0 Å². The van der Waals surface area contributed by atoms with Crippen LogP contribution in [0.4, 0.5) is 0 Å². The maximum atomic E-state index is 2.38. The summed E-state index contributed by atoms with van der Waals surface area (Å²) in [6.07, 6.45) is 7.70. The van der Waals surface area contributed by atoms with Gasteiger partial charge < -0.3 is 0 Å². The third-order valence-corrected chi connectivity index (χ3v) is 3.43. The Morgan fingerprint density at radius 1 is 1.27 bits per heavy atom. The Hall–Kier alpha value is 0.350. The maximum absolute atomic E-state index is 2.38. The molecule has 0 saturated heterocycles. The molecule has 2 atom stereocenters. The summed E-state index contributed by atoms with van der Waals surface area (Å²) in [5.74, 6) is 0.928. The van der Waals surface area contributed by atoms with Crippen molar-refractivity contribution in [1.82, 2.24) is 0 Å². The molecular weight excluding hydrogens is 152 g/mol. The van der Waals surface area contributed by atoms with Gasteiger partial charge in [0.1, 0.15) is 0 Å². The molecule has 2 unspecified atom stereocenters. The van der Waals surface area contributed by atoms with Gasteiger partial charge in [0, 0.05) is 5.25 Å². The fraction of sp³-hybridized carbons (Fsp3) is 1.00. The van der Waals surface area contributed by atoms with Crippen LogP contribution in [0.2, 0.25) is 0 Å². The van der Waals surface area contributed by atoms with Crippen molar-refractivity contribution in [3.63, 3.8) is 0 Å². The van der Waals surface area contributed by atoms with Crippen LogP contribution in [0.1, 0.15) is 46.5 Å². The van der Waals surface area contributed by atoms with Crippen molar-refractivity contribution in [2.75, 3.05) is 6.26 Å². The van der Waals surface area contributed by atoms with E-state index in [0.29, 0.717) is 0 Å². The van der Waals surface area contributed by atoms with Crippen molar-refractivity contribution in [3.8, 4) is 0 Å². The van der Waals surface area contributed by atoms with E-state index in [0.717, 1.165) is 11.2 Å². The standard InChI is InChI=1S/C10H22S/c1-5-7-9(3)8-10(6-2)11-4/h9-10H,5-8H2,1-4H3. The van der Waals surface area contributed by atoms with Crippen molar-refractivity contribution in [2.45, 2.75) is 51.7 Å². The Bertz CT molecular complexity index is 76.9. The van der Waals surface area contributed by atoms with Crippen molar-refractivity contribution in [2.24, 2.45) is 5.92 Å². The fourth-order valence-electron chi connectivity index (χ4n) is 1.49. The summed E-state index contributed by atoms with van der Waals surface area (Å²) in [6, 6.07) is 0. The highest BCUT2D eigenvalue weighted by Crippen LogP contribution is 2.22. The predicted molar refractivity (Wildman–Crippen MR) is 56.3 cm³/mol. The average molecular weight is 174 g/mol. The molecule has 0 aliphatic carbocycles. The maximum Gasteiger partial charge on any atom is 0.00441 e. The molecule has 0 aromatic carbocycles. The summed E-state index contributed by atoms with van der Waals surface area (Å²) in [4.78, 5) is 0. The molecule has 0 aromatic heterocycles. The van der Waals surface area contributed by atoms with Gasteiger partial charge >= 0.3 is 0 Å². The van der Waals surface area contributed by atoms with Crippen molar-refractivity contribution in [1.29, 1.82) is 0 Å². The molecule has 11 heavy (non-hydrogen) atoms. The second-order valence-electron chi connectivity index (χ2n) is 3.40. The first-order valence-corrected chi connectivity index (χ1v) is 6.06. The van der Waals surface area contributed by atoms with Gasteiger partial charge in [0.15, 0.2) is 0 Å². The lowest BCUT2D eigenvalue weighted by atomic mass is 9.99. The first kappa shape index (κ1) is 11.4. The van der Waals surface area contributed by atoms with Gasteiger partial charge in [-0.3, -0.25) is 0 Å². The normalized spacial score (nSPS) is 16.4. The van der Waals surface area contributed by atoms with Crippen molar-refractivity contribution in [3.05, 3.63) is 0 Å². The second-order valence-corrected chi connectivity index (χ2v) is 4.53. The topological polar surface area (TPSA) is 0 Å². The Morgan fingerprint density at radius 2 is 1.91 bits per heavy atom. The lowest BCUT2D eigenvalue weighted by Gasteiger charge is -2.16. The quantitative estimate of drug-likeness (QED) is 0.587. The zero-order valence-corrected chi connectivity index (χ0v) is 9.21. The smallest absolute Gasteiger partial charge is 0.00441 e. The first-order valence-electron chi connectivity index (χ1n) is 4.77. The highest BCUT2D eigenvalue weighted by Gasteiger charge is 2.08. The van der Waals surface area contributed by atoms with E-state index < -0.39 is 0 Å². The van der Waals surface area contributed by atoms with Gasteiger partial charge in [-0.25, -0.2) is 0 Å². The second kappa shape index (κ2) is 7.02. The van der Waals surface area contributed by atoms with E-state index in [-0.39, 0.29) is 0 Å². The molecule has 1 heteroatoms. The summed E-state index contributed by atoms with van der Waals surface area (Å²) < 4.78 is 0. The number of rotatable bonds is 6. The van der Waals surface area contributed by atoms with Crippen LogP contribution in [0.25, 0.3) is 0 Å². The molecule has 0 amide bonds. The molecule has 0 radical (unpaired) electrons. The molecule has 0 heterocycles. The zero-order chi connectivity index (χ0) is 8.69. The van der Waals surface area contributed by atoms with Crippen LogP contribution in [0, 0.1) is 5.92 Å². The lowest BCUT2D eigenvalue weighted by molar-refractivity contribution is 0.474. The van der Waals surface area contributed by atoms with Crippen LogP contribution in [0.3, 0.4) is 0 Å². The number of thioether (sulfide) groups is 1. The Labute approximate surface area is 76.1 Å². The van der Waals surface area contributed by atoms with Crippen LogP contribution >= 0.6 is 11.8 Å². The molecule has 0 aromatic rings. The van der Waals surface area contributed by atoms with Crippen LogP contribution in [-0.2, 0) is 0 Å². The van der Waals surface area contributed by atoms with E-state index in [9.17, 15) is 0 Å². The highest BCUT2D eigenvalue weighted by atomic mass is 32.2. The van der Waals surface area contributed by atoms with E-state index in [2.05, 4.69) is 27.0 Å². The molecule has 0 saturated carbocycles. The third kappa shape index (κ3) is 5.60. The monoisotopic (exact) mass is 174 g/mol. The van der Waals surface area contributed by atoms with E-state index in [1.807, 2.05) is 11.8 Å². The average Bonchev–Trinajstić information content (AvgIpc) is 2.01. The van der Waals surface area contributed by atoms with Crippen molar-refractivity contribution >= 4 is 11.8 Å².